The number of carbonyl (C=O) groups excluding carboxylic acids is 2. The fourth-order valence-corrected chi connectivity index (χ4v) is 4.52. The van der Waals surface area contributed by atoms with Gasteiger partial charge in [-0.05, 0) is 50.1 Å². The molecule has 0 spiro atoms. The number of allylic oxidation sites excluding steroid dienone is 1. The largest absolute Gasteiger partial charge is 0.462 e. The summed E-state index contributed by atoms with van der Waals surface area (Å²) in [7, 11) is 0. The molecule has 2 aromatic heterocycles. The minimum atomic E-state index is -0.574. The van der Waals surface area contributed by atoms with E-state index in [0.717, 1.165) is 16.9 Å². The zero-order valence-corrected chi connectivity index (χ0v) is 19.9. The number of nitriles is 2. The van der Waals surface area contributed by atoms with Crippen LogP contribution in [0.25, 0.3) is 17.4 Å². The first-order valence-electron chi connectivity index (χ1n) is 10.4. The average Bonchev–Trinajstić information content (AvgIpc) is 3.41. The van der Waals surface area contributed by atoms with Crippen LogP contribution in [0.2, 0.25) is 0 Å². The SMILES string of the molecule is CCOC(=O)c1sc(CC(=O)C(C#N)=Cc2ccc(-c3ccc(C)cc3[N+](=O)[O-])o2)c(C#N)c1C. The standard InChI is InChI=1S/C25H19N3O6S/c1-4-33-25(30)24-15(3)19(13-27)23(35-24)11-21(29)16(12-26)10-17-6-8-22(34-17)18-7-5-14(2)9-20(18)28(31)32/h5-10H,4,11H2,1-3H3. The van der Waals surface area contributed by atoms with Crippen molar-refractivity contribution in [2.45, 2.75) is 27.2 Å². The second kappa shape index (κ2) is 10.6. The third kappa shape index (κ3) is 5.35. The Hall–Kier alpha value is -4.54. The highest BCUT2D eigenvalue weighted by atomic mass is 32.1. The van der Waals surface area contributed by atoms with E-state index >= 15 is 0 Å². The van der Waals surface area contributed by atoms with E-state index in [9.17, 15) is 30.2 Å². The van der Waals surface area contributed by atoms with Crippen LogP contribution in [0.3, 0.4) is 0 Å². The van der Waals surface area contributed by atoms with Crippen molar-refractivity contribution in [3.8, 4) is 23.5 Å². The van der Waals surface area contributed by atoms with Crippen LogP contribution >= 0.6 is 11.3 Å². The lowest BCUT2D eigenvalue weighted by molar-refractivity contribution is -0.384. The molecular formula is C25H19N3O6S. The van der Waals surface area contributed by atoms with E-state index in [-0.39, 0.29) is 51.8 Å². The molecule has 0 aliphatic heterocycles. The van der Waals surface area contributed by atoms with E-state index in [0.29, 0.717) is 10.4 Å². The Labute approximate surface area is 204 Å². The third-order valence-corrected chi connectivity index (χ3v) is 6.33. The number of esters is 1. The number of hydrogen-bond donors (Lipinski definition) is 0. The lowest BCUT2D eigenvalue weighted by Gasteiger charge is -2.01. The lowest BCUT2D eigenvalue weighted by atomic mass is 10.0. The van der Waals surface area contributed by atoms with E-state index in [4.69, 9.17) is 9.15 Å². The summed E-state index contributed by atoms with van der Waals surface area (Å²) in [4.78, 5) is 36.5. The van der Waals surface area contributed by atoms with Gasteiger partial charge < -0.3 is 9.15 Å². The van der Waals surface area contributed by atoms with Crippen molar-refractivity contribution in [1.82, 2.24) is 0 Å². The van der Waals surface area contributed by atoms with Gasteiger partial charge in [-0.3, -0.25) is 14.9 Å². The Bertz CT molecular complexity index is 1450. The van der Waals surface area contributed by atoms with Gasteiger partial charge in [0.25, 0.3) is 5.69 Å². The van der Waals surface area contributed by atoms with Crippen molar-refractivity contribution in [2.75, 3.05) is 6.61 Å². The molecular weight excluding hydrogens is 470 g/mol. The molecule has 0 aliphatic rings. The number of aryl methyl sites for hydroxylation is 1. The predicted octanol–water partition coefficient (Wildman–Crippen LogP) is 5.30. The van der Waals surface area contributed by atoms with Crippen LogP contribution in [0.5, 0.6) is 0 Å². The highest BCUT2D eigenvalue weighted by Gasteiger charge is 2.24. The van der Waals surface area contributed by atoms with Gasteiger partial charge in [0, 0.05) is 23.4 Å². The van der Waals surface area contributed by atoms with Crippen molar-refractivity contribution in [2.24, 2.45) is 0 Å². The monoisotopic (exact) mass is 489 g/mol. The van der Waals surface area contributed by atoms with Gasteiger partial charge in [-0.25, -0.2) is 4.79 Å². The molecule has 1 aromatic carbocycles. The summed E-state index contributed by atoms with van der Waals surface area (Å²) in [6.07, 6.45) is 0.981. The number of ketones is 1. The topological polar surface area (TPSA) is 147 Å². The molecule has 0 amide bonds. The van der Waals surface area contributed by atoms with Crippen LogP contribution in [0, 0.1) is 46.6 Å². The molecule has 0 bridgehead atoms. The maximum Gasteiger partial charge on any atom is 0.348 e. The first-order valence-corrected chi connectivity index (χ1v) is 11.2. The van der Waals surface area contributed by atoms with Crippen molar-refractivity contribution in [3.05, 3.63) is 78.2 Å². The average molecular weight is 490 g/mol. The number of nitro benzene ring substituents is 1. The molecule has 176 valence electrons. The first kappa shape index (κ1) is 25.1. The van der Waals surface area contributed by atoms with Crippen molar-refractivity contribution in [1.29, 1.82) is 10.5 Å². The van der Waals surface area contributed by atoms with Gasteiger partial charge in [0.2, 0.25) is 0 Å². The third-order valence-electron chi connectivity index (χ3n) is 5.06. The number of nitrogens with zero attached hydrogens (tertiary/aromatic N) is 3. The van der Waals surface area contributed by atoms with Gasteiger partial charge in [0.15, 0.2) is 5.78 Å². The Balaban J connectivity index is 1.90. The number of rotatable bonds is 8. The van der Waals surface area contributed by atoms with Crippen LogP contribution in [0.15, 0.2) is 40.3 Å². The summed E-state index contributed by atoms with van der Waals surface area (Å²) < 4.78 is 10.7. The molecule has 0 aliphatic carbocycles. The van der Waals surface area contributed by atoms with Gasteiger partial charge in [-0.15, -0.1) is 11.3 Å². The van der Waals surface area contributed by atoms with Crippen LogP contribution in [0.4, 0.5) is 5.69 Å². The molecule has 35 heavy (non-hydrogen) atoms. The normalized spacial score (nSPS) is 10.9. The fraction of sp³-hybridized carbons (Fsp3) is 0.200. The number of carbonyl (C=O) groups is 2. The number of furan rings is 1. The summed E-state index contributed by atoms with van der Waals surface area (Å²) >= 11 is 0.986. The number of hydrogen-bond acceptors (Lipinski definition) is 9. The maximum absolute atomic E-state index is 12.8. The second-order valence-corrected chi connectivity index (χ2v) is 8.54. The van der Waals surface area contributed by atoms with E-state index in [1.54, 1.807) is 32.9 Å². The van der Waals surface area contributed by atoms with Gasteiger partial charge in [0.05, 0.1) is 28.2 Å². The van der Waals surface area contributed by atoms with E-state index in [1.807, 2.05) is 12.1 Å². The van der Waals surface area contributed by atoms with Gasteiger partial charge in [-0.2, -0.15) is 10.5 Å². The zero-order chi connectivity index (χ0) is 25.7. The molecule has 0 saturated carbocycles. The zero-order valence-electron chi connectivity index (χ0n) is 19.1. The maximum atomic E-state index is 12.8. The molecule has 0 unspecified atom stereocenters. The predicted molar refractivity (Wildman–Crippen MR) is 128 cm³/mol. The van der Waals surface area contributed by atoms with Crippen LogP contribution in [0.1, 0.15) is 43.9 Å². The highest BCUT2D eigenvalue weighted by Crippen LogP contribution is 2.33. The molecule has 10 heteroatoms. The van der Waals surface area contributed by atoms with E-state index < -0.39 is 16.7 Å². The Morgan fingerprint density at radius 3 is 2.60 bits per heavy atom. The molecule has 0 saturated heterocycles. The number of nitro groups is 1. The number of ether oxygens (including phenoxy) is 1. The number of thiophene rings is 1. The van der Waals surface area contributed by atoms with Gasteiger partial charge >= 0.3 is 5.97 Å². The van der Waals surface area contributed by atoms with Crippen LogP contribution in [-0.4, -0.2) is 23.3 Å². The molecule has 9 nitrogen and oxygen atoms in total. The highest BCUT2D eigenvalue weighted by molar-refractivity contribution is 7.14. The molecule has 3 rings (SSSR count). The molecule has 3 aromatic rings. The molecule has 0 atom stereocenters. The smallest absolute Gasteiger partial charge is 0.348 e. The summed E-state index contributed by atoms with van der Waals surface area (Å²) in [5.74, 6) is -0.767. The van der Waals surface area contributed by atoms with Crippen molar-refractivity contribution in [3.63, 3.8) is 0 Å². The molecule has 0 N–H and O–H groups in total. The lowest BCUT2D eigenvalue weighted by Crippen LogP contribution is -2.05. The Kier molecular flexibility index (Phi) is 7.59. The Morgan fingerprint density at radius 1 is 1.23 bits per heavy atom. The Morgan fingerprint density at radius 2 is 1.97 bits per heavy atom. The molecule has 2 heterocycles. The minimum Gasteiger partial charge on any atom is -0.462 e. The van der Waals surface area contributed by atoms with Crippen molar-refractivity contribution < 1.29 is 23.7 Å². The van der Waals surface area contributed by atoms with Gasteiger partial charge in [0.1, 0.15) is 28.5 Å². The number of benzene rings is 1. The number of Topliss-reactive ketones (excluding diaryl/α,β-unsaturated/α-hetero) is 1. The van der Waals surface area contributed by atoms with Crippen LogP contribution in [-0.2, 0) is 16.0 Å². The summed E-state index contributed by atoms with van der Waals surface area (Å²) in [5, 5.41) is 30.5. The van der Waals surface area contributed by atoms with E-state index in [1.165, 1.54) is 24.3 Å². The fourth-order valence-electron chi connectivity index (χ4n) is 3.37. The first-order chi connectivity index (χ1) is 16.7. The van der Waals surface area contributed by atoms with Gasteiger partial charge in [-0.1, -0.05) is 6.07 Å². The second-order valence-electron chi connectivity index (χ2n) is 7.44. The summed E-state index contributed by atoms with van der Waals surface area (Å²) in [6.45, 7) is 5.17. The molecule has 0 fully saturated rings. The quantitative estimate of drug-likeness (QED) is 0.136. The minimum absolute atomic E-state index is 0.124. The van der Waals surface area contributed by atoms with Crippen LogP contribution < -0.4 is 0 Å². The van der Waals surface area contributed by atoms with E-state index in [2.05, 4.69) is 0 Å². The molecule has 0 radical (unpaired) electrons. The summed E-state index contributed by atoms with van der Waals surface area (Å²) in [5.41, 5.74) is 1.27. The summed E-state index contributed by atoms with van der Waals surface area (Å²) in [6, 6.07) is 11.6. The van der Waals surface area contributed by atoms with Crippen molar-refractivity contribution >= 4 is 34.9 Å².